The SMILES string of the molecule is CC1(O)C(I)=C(c2ccc(Br)cc2)OC(=Nc2ccc(Cl)cc2)C12CC2. The standard InChI is InChI=1S/C20H16BrClINO2/c1-19(25)17(23)16(12-2-4-13(21)5-3-12)26-18(20(19)10-11-20)24-15-8-6-14(22)7-9-15/h2-9,25H,10-11H2,1H3. The number of aliphatic hydroxyl groups is 1. The van der Waals surface area contributed by atoms with E-state index in [1.54, 1.807) is 12.1 Å². The van der Waals surface area contributed by atoms with Crippen LogP contribution in [0.5, 0.6) is 0 Å². The van der Waals surface area contributed by atoms with Crippen molar-refractivity contribution in [3.63, 3.8) is 0 Å². The van der Waals surface area contributed by atoms with Gasteiger partial charge in [0.05, 0.1) is 14.7 Å². The van der Waals surface area contributed by atoms with Gasteiger partial charge in [0, 0.05) is 15.1 Å². The van der Waals surface area contributed by atoms with Gasteiger partial charge in [0.1, 0.15) is 11.4 Å². The lowest BCUT2D eigenvalue weighted by molar-refractivity contribution is 0.0457. The Morgan fingerprint density at radius 1 is 1.12 bits per heavy atom. The van der Waals surface area contributed by atoms with Gasteiger partial charge in [0.15, 0.2) is 0 Å². The molecule has 2 aromatic rings. The first-order valence-corrected chi connectivity index (χ1v) is 10.5. The number of aliphatic imine (C=N–C) groups is 1. The van der Waals surface area contributed by atoms with E-state index in [9.17, 15) is 5.11 Å². The summed E-state index contributed by atoms with van der Waals surface area (Å²) in [4.78, 5) is 4.73. The summed E-state index contributed by atoms with van der Waals surface area (Å²) in [6.07, 6.45) is 1.71. The van der Waals surface area contributed by atoms with Crippen LogP contribution < -0.4 is 0 Å². The van der Waals surface area contributed by atoms with E-state index < -0.39 is 11.0 Å². The molecule has 1 heterocycles. The normalized spacial score (nSPS) is 25.5. The largest absolute Gasteiger partial charge is 0.441 e. The number of rotatable bonds is 2. The molecule has 1 saturated carbocycles. The Hall–Kier alpha value is -0.890. The summed E-state index contributed by atoms with van der Waals surface area (Å²) in [6, 6.07) is 15.2. The van der Waals surface area contributed by atoms with E-state index in [0.29, 0.717) is 16.7 Å². The van der Waals surface area contributed by atoms with Gasteiger partial charge >= 0.3 is 0 Å². The summed E-state index contributed by atoms with van der Waals surface area (Å²) in [5.74, 6) is 1.23. The molecule has 2 aliphatic rings. The molecular weight excluding hydrogens is 528 g/mol. The lowest BCUT2D eigenvalue weighted by Gasteiger charge is -2.39. The van der Waals surface area contributed by atoms with Crippen molar-refractivity contribution in [2.45, 2.75) is 25.4 Å². The van der Waals surface area contributed by atoms with Crippen LogP contribution in [0.25, 0.3) is 5.76 Å². The topological polar surface area (TPSA) is 41.8 Å². The Morgan fingerprint density at radius 2 is 1.73 bits per heavy atom. The van der Waals surface area contributed by atoms with E-state index in [2.05, 4.69) is 38.5 Å². The maximum Gasteiger partial charge on any atom is 0.204 e. The Kier molecular flexibility index (Phi) is 4.70. The average molecular weight is 545 g/mol. The second kappa shape index (κ2) is 6.62. The predicted octanol–water partition coefficient (Wildman–Crippen LogP) is 6.50. The Bertz CT molecular complexity index is 916. The number of nitrogens with zero attached hydrogens (tertiary/aromatic N) is 1. The zero-order valence-corrected chi connectivity index (χ0v) is 18.5. The number of benzene rings is 2. The highest BCUT2D eigenvalue weighted by molar-refractivity contribution is 14.1. The third-order valence-corrected chi connectivity index (χ3v) is 7.40. The molecule has 1 aliphatic carbocycles. The van der Waals surface area contributed by atoms with Gasteiger partial charge in [0.2, 0.25) is 5.90 Å². The molecule has 134 valence electrons. The molecule has 0 amide bonds. The highest BCUT2D eigenvalue weighted by Crippen LogP contribution is 2.63. The summed E-state index contributed by atoms with van der Waals surface area (Å²) < 4.78 is 8.09. The van der Waals surface area contributed by atoms with Gasteiger partial charge in [-0.3, -0.25) is 0 Å². The van der Waals surface area contributed by atoms with Gasteiger partial charge < -0.3 is 9.84 Å². The summed E-state index contributed by atoms with van der Waals surface area (Å²) >= 11 is 11.6. The zero-order valence-electron chi connectivity index (χ0n) is 14.0. The lowest BCUT2D eigenvalue weighted by Crippen LogP contribution is -2.46. The molecule has 0 aromatic heterocycles. The Balaban J connectivity index is 1.82. The maximum absolute atomic E-state index is 11.4. The molecule has 1 unspecified atom stereocenters. The summed E-state index contributed by atoms with van der Waals surface area (Å²) in [5, 5.41) is 12.0. The smallest absolute Gasteiger partial charge is 0.204 e. The summed E-state index contributed by atoms with van der Waals surface area (Å²) in [5.41, 5.74) is 0.206. The first kappa shape index (κ1) is 18.5. The number of hydrogen-bond acceptors (Lipinski definition) is 3. The molecule has 3 nitrogen and oxygen atoms in total. The third kappa shape index (κ3) is 3.03. The van der Waals surface area contributed by atoms with Crippen LogP contribution in [0, 0.1) is 5.41 Å². The number of hydrogen-bond donors (Lipinski definition) is 1. The van der Waals surface area contributed by atoms with E-state index in [1.807, 2.05) is 43.3 Å². The minimum absolute atomic E-state index is 0.456. The second-order valence-corrected chi connectivity index (χ2v) is 9.23. The van der Waals surface area contributed by atoms with Crippen molar-refractivity contribution < 1.29 is 9.84 Å². The van der Waals surface area contributed by atoms with Crippen molar-refractivity contribution >= 4 is 67.5 Å². The third-order valence-electron chi connectivity index (χ3n) is 5.08. The molecule has 1 spiro atoms. The van der Waals surface area contributed by atoms with Crippen molar-refractivity contribution in [2.24, 2.45) is 10.4 Å². The van der Waals surface area contributed by atoms with Crippen LogP contribution in [-0.4, -0.2) is 16.6 Å². The Labute approximate surface area is 179 Å². The maximum atomic E-state index is 11.4. The molecule has 1 N–H and O–H groups in total. The molecular formula is C20H16BrClINO2. The molecule has 0 bridgehead atoms. The zero-order chi connectivity index (χ0) is 18.5. The second-order valence-electron chi connectivity index (χ2n) is 6.80. The van der Waals surface area contributed by atoms with Crippen molar-refractivity contribution in [3.8, 4) is 0 Å². The minimum Gasteiger partial charge on any atom is -0.441 e. The van der Waals surface area contributed by atoms with Crippen LogP contribution in [-0.2, 0) is 4.74 Å². The van der Waals surface area contributed by atoms with E-state index in [0.717, 1.165) is 32.1 Å². The fourth-order valence-corrected chi connectivity index (χ4v) is 4.58. The van der Waals surface area contributed by atoms with Crippen molar-refractivity contribution in [3.05, 3.63) is 67.2 Å². The van der Waals surface area contributed by atoms with Crippen molar-refractivity contribution in [1.82, 2.24) is 0 Å². The van der Waals surface area contributed by atoms with Crippen LogP contribution in [0.3, 0.4) is 0 Å². The van der Waals surface area contributed by atoms with Crippen molar-refractivity contribution in [1.29, 1.82) is 0 Å². The molecule has 1 atom stereocenters. The lowest BCUT2D eigenvalue weighted by atomic mass is 9.82. The highest BCUT2D eigenvalue weighted by atomic mass is 127. The van der Waals surface area contributed by atoms with Crippen LogP contribution in [0.15, 0.2) is 61.6 Å². The van der Waals surface area contributed by atoms with Crippen LogP contribution in [0.4, 0.5) is 5.69 Å². The van der Waals surface area contributed by atoms with Crippen LogP contribution in [0.2, 0.25) is 5.02 Å². The molecule has 26 heavy (non-hydrogen) atoms. The van der Waals surface area contributed by atoms with E-state index in [-0.39, 0.29) is 0 Å². The number of ether oxygens (including phenoxy) is 1. The first-order chi connectivity index (χ1) is 12.3. The highest BCUT2D eigenvalue weighted by Gasteiger charge is 2.65. The van der Waals surface area contributed by atoms with Gasteiger partial charge in [0.25, 0.3) is 0 Å². The van der Waals surface area contributed by atoms with Gasteiger partial charge in [-0.1, -0.05) is 39.7 Å². The fourth-order valence-electron chi connectivity index (χ4n) is 3.25. The molecule has 6 heteroatoms. The van der Waals surface area contributed by atoms with E-state index in [4.69, 9.17) is 21.3 Å². The van der Waals surface area contributed by atoms with Gasteiger partial charge in [-0.2, -0.15) is 0 Å². The molecule has 1 aliphatic heterocycles. The molecule has 0 radical (unpaired) electrons. The molecule has 2 aromatic carbocycles. The Morgan fingerprint density at radius 3 is 2.31 bits per heavy atom. The fraction of sp³-hybridized carbons (Fsp3) is 0.250. The summed E-state index contributed by atoms with van der Waals surface area (Å²) in [6.45, 7) is 1.86. The van der Waals surface area contributed by atoms with Gasteiger partial charge in [-0.25, -0.2) is 4.99 Å². The quantitative estimate of drug-likeness (QED) is 0.439. The molecule has 0 saturated heterocycles. The van der Waals surface area contributed by atoms with Crippen molar-refractivity contribution in [2.75, 3.05) is 0 Å². The first-order valence-electron chi connectivity index (χ1n) is 8.25. The van der Waals surface area contributed by atoms with E-state index in [1.165, 1.54) is 0 Å². The minimum atomic E-state index is -1.01. The average Bonchev–Trinajstić information content (AvgIpc) is 3.42. The monoisotopic (exact) mass is 543 g/mol. The van der Waals surface area contributed by atoms with Gasteiger partial charge in [-0.05, 0) is 78.8 Å². The van der Waals surface area contributed by atoms with E-state index >= 15 is 0 Å². The molecule has 4 rings (SSSR count). The number of halogens is 3. The predicted molar refractivity (Wildman–Crippen MR) is 117 cm³/mol. The van der Waals surface area contributed by atoms with Gasteiger partial charge in [-0.15, -0.1) is 0 Å². The molecule has 1 fully saturated rings. The van der Waals surface area contributed by atoms with Crippen LogP contribution in [0.1, 0.15) is 25.3 Å². The summed E-state index contributed by atoms with van der Waals surface area (Å²) in [7, 11) is 0. The van der Waals surface area contributed by atoms with Crippen LogP contribution >= 0.6 is 50.1 Å².